The Morgan fingerprint density at radius 3 is 2.75 bits per heavy atom. The topological polar surface area (TPSA) is 159 Å². The van der Waals surface area contributed by atoms with Crippen molar-refractivity contribution in [3.05, 3.63) is 88.9 Å². The predicted octanol–water partition coefficient (Wildman–Crippen LogP) is 3.88. The number of carbonyl (C=O) groups is 2. The standard InChI is InChI=1S/C27H24N6O5S2/c34-24(13-16-15-29-22-4-2-1-3-20(16)22)30-18-7-10-23-21(14-18)25(32-38-23)26(35)31-17-5-8-19(9-6-17)40(36,37)33-27-28-11-12-39-27/h1-6,8-9,11-12,15,18,29H,7,10,13-14H2,(H,28,33)(H,30,34)(H,31,35). The highest BCUT2D eigenvalue weighted by molar-refractivity contribution is 7.93. The summed E-state index contributed by atoms with van der Waals surface area (Å²) < 4.78 is 32.9. The largest absolute Gasteiger partial charge is 0.361 e. The molecule has 2 aromatic carbocycles. The second-order valence-corrected chi connectivity index (χ2v) is 12.0. The molecule has 5 aromatic rings. The maximum absolute atomic E-state index is 13.0. The van der Waals surface area contributed by atoms with Gasteiger partial charge in [-0.1, -0.05) is 23.4 Å². The Kier molecular flexibility index (Phi) is 6.82. The smallest absolute Gasteiger partial charge is 0.278 e. The van der Waals surface area contributed by atoms with Crippen molar-refractivity contribution in [2.75, 3.05) is 10.0 Å². The zero-order valence-electron chi connectivity index (χ0n) is 21.0. The highest BCUT2D eigenvalue weighted by Crippen LogP contribution is 2.26. The number of rotatable bonds is 8. The van der Waals surface area contributed by atoms with E-state index in [4.69, 9.17) is 4.52 Å². The monoisotopic (exact) mass is 576 g/mol. The molecule has 0 saturated carbocycles. The number of carbonyl (C=O) groups excluding carboxylic acids is 2. The average molecular weight is 577 g/mol. The molecule has 3 heterocycles. The van der Waals surface area contributed by atoms with Crippen molar-refractivity contribution in [1.29, 1.82) is 0 Å². The van der Waals surface area contributed by atoms with E-state index in [1.165, 1.54) is 41.8 Å². The number of nitrogens with zero attached hydrogens (tertiary/aromatic N) is 2. The molecule has 0 aliphatic heterocycles. The summed E-state index contributed by atoms with van der Waals surface area (Å²) in [5, 5.41) is 12.8. The number of sulfonamides is 1. The lowest BCUT2D eigenvalue weighted by Gasteiger charge is -2.22. The number of amides is 2. The lowest BCUT2D eigenvalue weighted by molar-refractivity contribution is -0.121. The average Bonchev–Trinajstić information content (AvgIpc) is 3.69. The van der Waals surface area contributed by atoms with Gasteiger partial charge in [-0.15, -0.1) is 11.3 Å². The van der Waals surface area contributed by atoms with Crippen molar-refractivity contribution in [2.24, 2.45) is 0 Å². The van der Waals surface area contributed by atoms with Gasteiger partial charge in [0.05, 0.1) is 11.3 Å². The number of fused-ring (bicyclic) bond motifs is 2. The predicted molar refractivity (Wildman–Crippen MR) is 150 cm³/mol. The Morgan fingerprint density at radius 1 is 1.12 bits per heavy atom. The van der Waals surface area contributed by atoms with E-state index in [1.54, 1.807) is 5.38 Å². The molecule has 1 aliphatic rings. The van der Waals surface area contributed by atoms with E-state index in [9.17, 15) is 18.0 Å². The van der Waals surface area contributed by atoms with Crippen molar-refractivity contribution < 1.29 is 22.5 Å². The summed E-state index contributed by atoms with van der Waals surface area (Å²) in [6.45, 7) is 0. The first kappa shape index (κ1) is 25.8. The van der Waals surface area contributed by atoms with Crippen LogP contribution in [0.15, 0.2) is 75.7 Å². The van der Waals surface area contributed by atoms with E-state index in [-0.39, 0.29) is 34.1 Å². The van der Waals surface area contributed by atoms with E-state index in [0.29, 0.717) is 36.3 Å². The third-order valence-electron chi connectivity index (χ3n) is 6.72. The first-order chi connectivity index (χ1) is 19.4. The number of aromatic nitrogens is 3. The molecule has 6 rings (SSSR count). The van der Waals surface area contributed by atoms with E-state index < -0.39 is 15.9 Å². The fourth-order valence-corrected chi connectivity index (χ4v) is 6.58. The van der Waals surface area contributed by atoms with Crippen molar-refractivity contribution >= 4 is 54.9 Å². The fourth-order valence-electron chi connectivity index (χ4n) is 4.79. The molecule has 0 spiro atoms. The van der Waals surface area contributed by atoms with Gasteiger partial charge in [-0.2, -0.15) is 0 Å². The molecule has 2 amide bonds. The zero-order chi connectivity index (χ0) is 27.7. The number of thiazole rings is 1. The fraction of sp³-hybridized carbons (Fsp3) is 0.185. The summed E-state index contributed by atoms with van der Waals surface area (Å²) in [4.78, 5) is 33.0. The molecule has 204 valence electrons. The first-order valence-corrected chi connectivity index (χ1v) is 14.9. The number of benzene rings is 2. The molecule has 40 heavy (non-hydrogen) atoms. The van der Waals surface area contributed by atoms with E-state index in [2.05, 4.69) is 30.5 Å². The summed E-state index contributed by atoms with van der Waals surface area (Å²) in [6, 6.07) is 13.4. The van der Waals surface area contributed by atoms with E-state index in [1.807, 2.05) is 30.5 Å². The van der Waals surface area contributed by atoms with Crippen LogP contribution in [0.5, 0.6) is 0 Å². The first-order valence-electron chi connectivity index (χ1n) is 12.5. The van der Waals surface area contributed by atoms with Crippen LogP contribution < -0.4 is 15.4 Å². The maximum Gasteiger partial charge on any atom is 0.278 e. The molecule has 4 N–H and O–H groups in total. The molecule has 1 unspecified atom stereocenters. The highest BCUT2D eigenvalue weighted by Gasteiger charge is 2.30. The molecule has 0 bridgehead atoms. The molecule has 0 fully saturated rings. The van der Waals surface area contributed by atoms with Crippen molar-refractivity contribution in [1.82, 2.24) is 20.4 Å². The second-order valence-electron chi connectivity index (χ2n) is 9.40. The van der Waals surface area contributed by atoms with Crippen LogP contribution >= 0.6 is 11.3 Å². The van der Waals surface area contributed by atoms with Gasteiger partial charge in [-0.25, -0.2) is 13.4 Å². The lowest BCUT2D eigenvalue weighted by Crippen LogP contribution is -2.39. The van der Waals surface area contributed by atoms with Crippen molar-refractivity contribution in [2.45, 2.75) is 36.6 Å². The minimum atomic E-state index is -3.81. The Balaban J connectivity index is 1.09. The number of H-pyrrole nitrogens is 1. The molecule has 0 radical (unpaired) electrons. The van der Waals surface area contributed by atoms with Gasteiger partial charge < -0.3 is 20.1 Å². The van der Waals surface area contributed by atoms with Gasteiger partial charge in [0.15, 0.2) is 10.8 Å². The molecule has 3 aromatic heterocycles. The lowest BCUT2D eigenvalue weighted by atomic mass is 9.91. The van der Waals surface area contributed by atoms with Gasteiger partial charge in [0.25, 0.3) is 15.9 Å². The Hall–Kier alpha value is -4.49. The van der Waals surface area contributed by atoms with Crippen LogP contribution in [0.1, 0.15) is 33.8 Å². The Morgan fingerprint density at radius 2 is 1.95 bits per heavy atom. The molecule has 11 nitrogen and oxygen atoms in total. The van der Waals surface area contributed by atoms with E-state index in [0.717, 1.165) is 16.5 Å². The zero-order valence-corrected chi connectivity index (χ0v) is 22.6. The number of aromatic amines is 1. The van der Waals surface area contributed by atoms with Crippen molar-refractivity contribution in [3.8, 4) is 0 Å². The van der Waals surface area contributed by atoms with Gasteiger partial charge in [0.2, 0.25) is 5.91 Å². The van der Waals surface area contributed by atoms with Crippen molar-refractivity contribution in [3.63, 3.8) is 0 Å². The quantitative estimate of drug-likeness (QED) is 0.218. The summed E-state index contributed by atoms with van der Waals surface area (Å²) in [5.74, 6) is 0.0503. The highest BCUT2D eigenvalue weighted by atomic mass is 32.2. The van der Waals surface area contributed by atoms with Crippen LogP contribution in [0.2, 0.25) is 0 Å². The number of hydrogen-bond acceptors (Lipinski definition) is 8. The SMILES string of the molecule is O=C(Cc1c[nH]c2ccccc12)NC1CCc2onc(C(=O)Nc3ccc(S(=O)(=O)Nc4nccs4)cc3)c2C1. The number of anilines is 2. The Bertz CT molecular complexity index is 1790. The molecular formula is C27H24N6O5S2. The van der Waals surface area contributed by atoms with Crippen LogP contribution in [-0.4, -0.2) is 41.4 Å². The van der Waals surface area contributed by atoms with Crippen LogP contribution in [0.25, 0.3) is 10.9 Å². The molecule has 1 atom stereocenters. The Labute approximate surface area is 233 Å². The van der Waals surface area contributed by atoms with Crippen LogP contribution in [0, 0.1) is 0 Å². The summed E-state index contributed by atoms with van der Waals surface area (Å²) in [6.07, 6.45) is 5.24. The summed E-state index contributed by atoms with van der Waals surface area (Å²) in [7, 11) is -3.81. The number of para-hydroxylation sites is 1. The van der Waals surface area contributed by atoms with Gasteiger partial charge >= 0.3 is 0 Å². The number of nitrogens with one attached hydrogen (secondary N) is 4. The minimum absolute atomic E-state index is 0.0331. The van der Waals surface area contributed by atoms with Crippen LogP contribution in [-0.2, 0) is 34.1 Å². The summed E-state index contributed by atoms with van der Waals surface area (Å²) >= 11 is 1.17. The van der Waals surface area contributed by atoms with Gasteiger partial charge in [0.1, 0.15) is 5.76 Å². The minimum Gasteiger partial charge on any atom is -0.361 e. The molecule has 13 heteroatoms. The van der Waals surface area contributed by atoms with Crippen LogP contribution in [0.3, 0.4) is 0 Å². The third kappa shape index (κ3) is 5.33. The second kappa shape index (κ2) is 10.6. The normalized spacial score (nSPS) is 14.9. The maximum atomic E-state index is 13.0. The van der Waals surface area contributed by atoms with E-state index >= 15 is 0 Å². The number of hydrogen-bond donors (Lipinski definition) is 4. The summed E-state index contributed by atoms with van der Waals surface area (Å²) in [5.41, 5.74) is 3.11. The number of aryl methyl sites for hydroxylation is 1. The third-order valence-corrected chi connectivity index (χ3v) is 8.90. The van der Waals surface area contributed by atoms with Gasteiger partial charge in [-0.3, -0.25) is 14.3 Å². The molecule has 0 saturated heterocycles. The van der Waals surface area contributed by atoms with Crippen LogP contribution in [0.4, 0.5) is 10.8 Å². The van der Waals surface area contributed by atoms with Gasteiger partial charge in [0, 0.05) is 52.4 Å². The van der Waals surface area contributed by atoms with Gasteiger partial charge in [-0.05, 0) is 48.7 Å². The molecular weight excluding hydrogens is 552 g/mol. The molecule has 1 aliphatic carbocycles.